The highest BCUT2D eigenvalue weighted by Gasteiger charge is 2.18. The van der Waals surface area contributed by atoms with E-state index in [-0.39, 0.29) is 12.1 Å². The van der Waals surface area contributed by atoms with Gasteiger partial charge in [0.1, 0.15) is 0 Å². The zero-order valence-electron chi connectivity index (χ0n) is 8.88. The van der Waals surface area contributed by atoms with E-state index >= 15 is 0 Å². The van der Waals surface area contributed by atoms with Crippen LogP contribution in [0.25, 0.3) is 0 Å². The number of nitrogens with one attached hydrogen (secondary N) is 1. The molecule has 0 rings (SSSR count). The number of nitrogens with two attached hydrogens (primary N) is 1. The Morgan fingerprint density at radius 2 is 1.92 bits per heavy atom. The molecule has 0 saturated carbocycles. The Morgan fingerprint density at radius 3 is 2.31 bits per heavy atom. The van der Waals surface area contributed by atoms with E-state index < -0.39 is 0 Å². The summed E-state index contributed by atoms with van der Waals surface area (Å²) in [5, 5.41) is 0. The fourth-order valence-corrected chi connectivity index (χ4v) is 1.24. The molecule has 4 heteroatoms. The van der Waals surface area contributed by atoms with Crippen LogP contribution in [0.15, 0.2) is 0 Å². The van der Waals surface area contributed by atoms with Crippen LogP contribution in [0.5, 0.6) is 0 Å². The van der Waals surface area contributed by atoms with Gasteiger partial charge in [-0.25, -0.2) is 0 Å². The lowest BCUT2D eigenvalue weighted by atomic mass is 10.1. The summed E-state index contributed by atoms with van der Waals surface area (Å²) in [5.74, 6) is 5.41. The molecule has 0 aromatic carbocycles. The normalized spacial score (nSPS) is 15.7. The minimum absolute atomic E-state index is 0.0879. The van der Waals surface area contributed by atoms with Crippen molar-refractivity contribution in [3.63, 3.8) is 0 Å². The maximum atomic E-state index is 5.52. The molecule has 80 valence electrons. The highest BCUT2D eigenvalue weighted by atomic mass is 16.5. The van der Waals surface area contributed by atoms with Crippen LogP contribution < -0.4 is 11.3 Å². The van der Waals surface area contributed by atoms with Crippen molar-refractivity contribution in [1.82, 2.24) is 5.43 Å². The van der Waals surface area contributed by atoms with Gasteiger partial charge in [-0.05, 0) is 20.3 Å². The van der Waals surface area contributed by atoms with Gasteiger partial charge >= 0.3 is 0 Å². The molecule has 0 aromatic heterocycles. The summed E-state index contributed by atoms with van der Waals surface area (Å²) in [6, 6.07) is 0.0879. The molecule has 0 spiro atoms. The molecule has 0 aliphatic heterocycles. The van der Waals surface area contributed by atoms with Crippen LogP contribution in [-0.2, 0) is 9.47 Å². The Morgan fingerprint density at radius 1 is 1.23 bits per heavy atom. The van der Waals surface area contributed by atoms with Crippen molar-refractivity contribution in [2.45, 2.75) is 39.3 Å². The third kappa shape index (κ3) is 5.21. The summed E-state index contributed by atoms with van der Waals surface area (Å²) < 4.78 is 10.8. The van der Waals surface area contributed by atoms with Crippen molar-refractivity contribution in [3.05, 3.63) is 0 Å². The van der Waals surface area contributed by atoms with Gasteiger partial charge in [0, 0.05) is 13.2 Å². The third-order valence-corrected chi connectivity index (χ3v) is 1.95. The van der Waals surface area contributed by atoms with Gasteiger partial charge in [0.05, 0.1) is 18.8 Å². The van der Waals surface area contributed by atoms with Gasteiger partial charge in [-0.3, -0.25) is 11.3 Å². The zero-order chi connectivity index (χ0) is 10.1. The van der Waals surface area contributed by atoms with Crippen molar-refractivity contribution in [1.29, 1.82) is 0 Å². The van der Waals surface area contributed by atoms with Crippen LogP contribution in [0, 0.1) is 0 Å². The molecule has 13 heavy (non-hydrogen) atoms. The molecule has 2 atom stereocenters. The molecule has 0 aliphatic carbocycles. The highest BCUT2D eigenvalue weighted by molar-refractivity contribution is 4.73. The van der Waals surface area contributed by atoms with E-state index in [4.69, 9.17) is 15.3 Å². The topological polar surface area (TPSA) is 56.5 Å². The second-order valence-corrected chi connectivity index (χ2v) is 2.83. The minimum atomic E-state index is 0.0879. The summed E-state index contributed by atoms with van der Waals surface area (Å²) in [5.41, 5.74) is 2.72. The van der Waals surface area contributed by atoms with E-state index in [0.717, 1.165) is 6.42 Å². The van der Waals surface area contributed by atoms with Gasteiger partial charge in [-0.15, -0.1) is 0 Å². The average molecular weight is 190 g/mol. The van der Waals surface area contributed by atoms with Crippen LogP contribution in [0.3, 0.4) is 0 Å². The Labute approximate surface area is 80.7 Å². The highest BCUT2D eigenvalue weighted by Crippen LogP contribution is 2.04. The molecule has 2 unspecified atom stereocenters. The summed E-state index contributed by atoms with van der Waals surface area (Å²) in [6.07, 6.45) is 1.08. The number of hydrazine groups is 1. The van der Waals surface area contributed by atoms with Gasteiger partial charge in [0.2, 0.25) is 0 Å². The Balaban J connectivity index is 3.84. The fourth-order valence-electron chi connectivity index (χ4n) is 1.24. The van der Waals surface area contributed by atoms with E-state index in [1.54, 1.807) is 0 Å². The van der Waals surface area contributed by atoms with Crippen molar-refractivity contribution < 1.29 is 9.47 Å². The van der Waals surface area contributed by atoms with Gasteiger partial charge in [-0.1, -0.05) is 6.92 Å². The first-order valence-electron chi connectivity index (χ1n) is 4.95. The van der Waals surface area contributed by atoms with Crippen LogP contribution >= 0.6 is 0 Å². The summed E-state index contributed by atoms with van der Waals surface area (Å²) in [6.45, 7) is 8.05. The first kappa shape index (κ1) is 12.8. The van der Waals surface area contributed by atoms with Crippen molar-refractivity contribution in [2.75, 3.05) is 19.8 Å². The molecule has 0 fully saturated rings. The number of rotatable bonds is 8. The monoisotopic (exact) mass is 190 g/mol. The quantitative estimate of drug-likeness (QED) is 0.436. The van der Waals surface area contributed by atoms with E-state index in [1.807, 2.05) is 13.8 Å². The van der Waals surface area contributed by atoms with Crippen molar-refractivity contribution in [2.24, 2.45) is 5.84 Å². The smallest absolute Gasteiger partial charge is 0.0761 e. The lowest BCUT2D eigenvalue weighted by Crippen LogP contribution is -2.48. The van der Waals surface area contributed by atoms with Crippen molar-refractivity contribution >= 4 is 0 Å². The third-order valence-electron chi connectivity index (χ3n) is 1.95. The molecule has 0 aliphatic rings. The van der Waals surface area contributed by atoms with E-state index in [9.17, 15) is 0 Å². The summed E-state index contributed by atoms with van der Waals surface area (Å²) in [7, 11) is 0. The van der Waals surface area contributed by atoms with Crippen LogP contribution in [-0.4, -0.2) is 32.0 Å². The van der Waals surface area contributed by atoms with Gasteiger partial charge < -0.3 is 9.47 Å². The van der Waals surface area contributed by atoms with Gasteiger partial charge in [-0.2, -0.15) is 0 Å². The Kier molecular flexibility index (Phi) is 8.33. The predicted octanol–water partition coefficient (Wildman–Crippen LogP) is 0.670. The second-order valence-electron chi connectivity index (χ2n) is 2.83. The van der Waals surface area contributed by atoms with Crippen LogP contribution in [0.1, 0.15) is 27.2 Å². The largest absolute Gasteiger partial charge is 0.380 e. The molecule has 0 heterocycles. The van der Waals surface area contributed by atoms with Crippen LogP contribution in [0.2, 0.25) is 0 Å². The number of hydrogen-bond donors (Lipinski definition) is 2. The maximum Gasteiger partial charge on any atom is 0.0761 e. The molecule has 0 aromatic rings. The van der Waals surface area contributed by atoms with E-state index in [1.165, 1.54) is 0 Å². The second kappa shape index (κ2) is 8.44. The van der Waals surface area contributed by atoms with E-state index in [2.05, 4.69) is 12.3 Å². The number of hydrogen-bond acceptors (Lipinski definition) is 4. The average Bonchev–Trinajstić information content (AvgIpc) is 2.17. The predicted molar refractivity (Wildman–Crippen MR) is 53.3 cm³/mol. The Hall–Kier alpha value is -0.160. The lowest BCUT2D eigenvalue weighted by molar-refractivity contribution is 0.000621. The minimum Gasteiger partial charge on any atom is -0.380 e. The number of ether oxygens (including phenoxy) is 2. The van der Waals surface area contributed by atoms with Crippen molar-refractivity contribution in [3.8, 4) is 0 Å². The van der Waals surface area contributed by atoms with Gasteiger partial charge in [0.15, 0.2) is 0 Å². The lowest BCUT2D eigenvalue weighted by Gasteiger charge is -2.24. The molecule has 0 saturated heterocycles. The SMILES string of the molecule is CCOCC(NN)C(CC)OCC. The molecule has 3 N–H and O–H groups in total. The fraction of sp³-hybridized carbons (Fsp3) is 1.00. The first-order valence-corrected chi connectivity index (χ1v) is 4.95. The molecule has 0 radical (unpaired) electrons. The zero-order valence-corrected chi connectivity index (χ0v) is 8.88. The van der Waals surface area contributed by atoms with Gasteiger partial charge in [0.25, 0.3) is 0 Å². The summed E-state index contributed by atoms with van der Waals surface area (Å²) in [4.78, 5) is 0. The molecular formula is C9H22N2O2. The molecule has 0 amide bonds. The molecular weight excluding hydrogens is 168 g/mol. The molecule has 0 bridgehead atoms. The molecule has 4 nitrogen and oxygen atoms in total. The first-order chi connectivity index (χ1) is 6.29. The maximum absolute atomic E-state index is 5.52. The Bertz CT molecular complexity index is 112. The van der Waals surface area contributed by atoms with E-state index in [0.29, 0.717) is 19.8 Å². The van der Waals surface area contributed by atoms with Crippen LogP contribution in [0.4, 0.5) is 0 Å². The summed E-state index contributed by atoms with van der Waals surface area (Å²) >= 11 is 0. The standard InChI is InChI=1S/C9H22N2O2/c1-4-9(13-6-3)8(11-10)7-12-5-2/h8-9,11H,4-7,10H2,1-3H3.